The van der Waals surface area contributed by atoms with Gasteiger partial charge in [-0.3, -0.25) is 9.59 Å². The molecule has 8 nitrogen and oxygen atoms in total. The molecule has 1 amide bonds. The molecule has 182 valence electrons. The highest BCUT2D eigenvalue weighted by Crippen LogP contribution is 2.45. The second-order valence-electron chi connectivity index (χ2n) is 8.63. The molecule has 8 heteroatoms. The fourth-order valence-corrected chi connectivity index (χ4v) is 4.80. The Morgan fingerprint density at radius 1 is 1.15 bits per heavy atom. The van der Waals surface area contributed by atoms with Crippen molar-refractivity contribution >= 4 is 11.7 Å². The lowest BCUT2D eigenvalue weighted by atomic mass is 9.85. The van der Waals surface area contributed by atoms with Gasteiger partial charge in [0.25, 0.3) is 0 Å². The van der Waals surface area contributed by atoms with Crippen LogP contribution in [0.3, 0.4) is 0 Å². The van der Waals surface area contributed by atoms with Crippen LogP contribution in [0.15, 0.2) is 30.3 Å². The lowest BCUT2D eigenvalue weighted by Crippen LogP contribution is -2.42. The molecular weight excluding hydrogens is 438 g/mol. The molecule has 2 atom stereocenters. The number of phenols is 1. The van der Waals surface area contributed by atoms with Crippen LogP contribution in [0.2, 0.25) is 0 Å². The number of rotatable bonds is 8. The van der Waals surface area contributed by atoms with Crippen molar-refractivity contribution in [2.24, 2.45) is 5.92 Å². The molecule has 2 unspecified atom stereocenters. The number of piperidine rings is 1. The highest BCUT2D eigenvalue weighted by molar-refractivity contribution is 5.83. The summed E-state index contributed by atoms with van der Waals surface area (Å²) < 4.78 is 21.9. The monoisotopic (exact) mass is 469 g/mol. The number of likely N-dealkylation sites (tertiary alicyclic amines) is 1. The van der Waals surface area contributed by atoms with Crippen LogP contribution in [0.25, 0.3) is 0 Å². The molecule has 2 heterocycles. The van der Waals surface area contributed by atoms with Gasteiger partial charge >= 0.3 is 0 Å². The Morgan fingerprint density at radius 2 is 1.94 bits per heavy atom. The van der Waals surface area contributed by atoms with Crippen molar-refractivity contribution in [3.8, 4) is 28.7 Å². The normalized spacial score (nSPS) is 17.9. The summed E-state index contributed by atoms with van der Waals surface area (Å²) in [6, 6.07) is 8.71. The Kier molecular flexibility index (Phi) is 7.14. The van der Waals surface area contributed by atoms with E-state index in [2.05, 4.69) is 0 Å². The summed E-state index contributed by atoms with van der Waals surface area (Å²) in [4.78, 5) is 27.5. The van der Waals surface area contributed by atoms with E-state index in [4.69, 9.17) is 18.9 Å². The lowest BCUT2D eigenvalue weighted by molar-refractivity contribution is -0.135. The zero-order valence-electron chi connectivity index (χ0n) is 19.8. The summed E-state index contributed by atoms with van der Waals surface area (Å²) in [7, 11) is 3.03. The topological polar surface area (TPSA) is 94.5 Å². The first-order valence-electron chi connectivity index (χ1n) is 11.6. The third-order valence-corrected chi connectivity index (χ3v) is 6.65. The summed E-state index contributed by atoms with van der Waals surface area (Å²) in [5, 5.41) is 10.9. The van der Waals surface area contributed by atoms with Crippen molar-refractivity contribution in [2.45, 2.75) is 38.5 Å². The minimum Gasteiger partial charge on any atom is -0.507 e. The van der Waals surface area contributed by atoms with Crippen molar-refractivity contribution < 1.29 is 33.6 Å². The molecule has 1 fully saturated rings. The van der Waals surface area contributed by atoms with E-state index in [9.17, 15) is 14.7 Å². The van der Waals surface area contributed by atoms with Gasteiger partial charge in [0.2, 0.25) is 12.7 Å². The molecule has 0 aromatic heterocycles. The average molecular weight is 470 g/mol. The summed E-state index contributed by atoms with van der Waals surface area (Å²) in [6.45, 7) is 3.05. The summed E-state index contributed by atoms with van der Waals surface area (Å²) >= 11 is 0. The van der Waals surface area contributed by atoms with Crippen LogP contribution >= 0.6 is 0 Å². The number of carbonyl (C=O) groups is 2. The second-order valence-corrected chi connectivity index (χ2v) is 8.63. The average Bonchev–Trinajstić information content (AvgIpc) is 3.34. The smallest absolute Gasteiger partial charge is 0.231 e. The first kappa shape index (κ1) is 23.7. The van der Waals surface area contributed by atoms with E-state index >= 15 is 0 Å². The van der Waals surface area contributed by atoms with E-state index in [1.165, 1.54) is 20.3 Å². The number of phenolic OH excluding ortho intramolecular Hbond substituents is 1. The number of methoxy groups -OCH3 is 2. The molecule has 2 aromatic carbocycles. The van der Waals surface area contributed by atoms with E-state index in [0.717, 1.165) is 18.4 Å². The number of aromatic hydroxyl groups is 1. The molecule has 1 N–H and O–H groups in total. The predicted molar refractivity (Wildman–Crippen MR) is 125 cm³/mol. The van der Waals surface area contributed by atoms with Gasteiger partial charge in [-0.2, -0.15) is 0 Å². The van der Waals surface area contributed by atoms with Gasteiger partial charge in [-0.25, -0.2) is 0 Å². The highest BCUT2D eigenvalue weighted by Gasteiger charge is 2.32. The number of benzene rings is 2. The van der Waals surface area contributed by atoms with Crippen LogP contribution < -0.4 is 18.9 Å². The third-order valence-electron chi connectivity index (χ3n) is 6.65. The molecule has 2 aromatic rings. The standard InChI is InChI=1S/C26H31NO7/c1-4-20(28)17-6-5-9-27(14-17)25(30)13-19(16-7-8-22-23(10-16)34-15-33-22)26-21(29)11-18(31-2)12-24(26)32-3/h7-8,10-12,17,19,29H,4-6,9,13-15H2,1-3H3. The predicted octanol–water partition coefficient (Wildman–Crippen LogP) is 3.88. The zero-order chi connectivity index (χ0) is 24.2. The fraction of sp³-hybridized carbons (Fsp3) is 0.462. The van der Waals surface area contributed by atoms with Gasteiger partial charge in [0.1, 0.15) is 23.0 Å². The Labute approximate surface area is 199 Å². The Bertz CT molecular complexity index is 1070. The van der Waals surface area contributed by atoms with E-state index in [1.54, 1.807) is 17.0 Å². The lowest BCUT2D eigenvalue weighted by Gasteiger charge is -2.33. The molecule has 4 rings (SSSR count). The third kappa shape index (κ3) is 4.76. The van der Waals surface area contributed by atoms with Crippen molar-refractivity contribution in [1.82, 2.24) is 4.90 Å². The van der Waals surface area contributed by atoms with Gasteiger partial charge in [-0.05, 0) is 30.5 Å². The summed E-state index contributed by atoms with van der Waals surface area (Å²) in [5.41, 5.74) is 1.28. The quantitative estimate of drug-likeness (QED) is 0.627. The van der Waals surface area contributed by atoms with Crippen LogP contribution in [-0.4, -0.2) is 55.8 Å². The van der Waals surface area contributed by atoms with Gasteiger partial charge in [0.15, 0.2) is 11.5 Å². The largest absolute Gasteiger partial charge is 0.507 e. The number of Topliss-reactive ketones (excluding diaryl/α,β-unsaturated/α-hetero) is 1. The number of amides is 1. The maximum Gasteiger partial charge on any atom is 0.231 e. The van der Waals surface area contributed by atoms with Crippen LogP contribution in [0.1, 0.15) is 49.7 Å². The van der Waals surface area contributed by atoms with Gasteiger partial charge < -0.3 is 29.0 Å². The second kappa shape index (κ2) is 10.2. The van der Waals surface area contributed by atoms with Crippen LogP contribution in [-0.2, 0) is 9.59 Å². The summed E-state index contributed by atoms with van der Waals surface area (Å²) in [5.74, 6) is 1.57. The van der Waals surface area contributed by atoms with E-state index in [0.29, 0.717) is 48.1 Å². The van der Waals surface area contributed by atoms with Crippen LogP contribution in [0, 0.1) is 5.92 Å². The number of ketones is 1. The van der Waals surface area contributed by atoms with Gasteiger partial charge in [-0.15, -0.1) is 0 Å². The Hall–Kier alpha value is -3.42. The number of hydrogen-bond donors (Lipinski definition) is 1. The molecule has 2 aliphatic heterocycles. The fourth-order valence-electron chi connectivity index (χ4n) is 4.80. The number of carbonyl (C=O) groups excluding carboxylic acids is 2. The molecule has 34 heavy (non-hydrogen) atoms. The van der Waals surface area contributed by atoms with Crippen LogP contribution in [0.5, 0.6) is 28.7 Å². The molecular formula is C26H31NO7. The molecule has 0 radical (unpaired) electrons. The van der Waals surface area contributed by atoms with Crippen LogP contribution in [0.4, 0.5) is 0 Å². The number of hydrogen-bond acceptors (Lipinski definition) is 7. The SMILES string of the molecule is CCC(=O)C1CCCN(C(=O)CC(c2ccc3c(c2)OCO3)c2c(O)cc(OC)cc2OC)C1. The van der Waals surface area contributed by atoms with E-state index < -0.39 is 5.92 Å². The number of fused-ring (bicyclic) bond motifs is 1. The maximum atomic E-state index is 13.5. The van der Waals surface area contributed by atoms with Crippen molar-refractivity contribution in [3.63, 3.8) is 0 Å². The van der Waals surface area contributed by atoms with Crippen molar-refractivity contribution in [1.29, 1.82) is 0 Å². The zero-order valence-corrected chi connectivity index (χ0v) is 19.8. The Morgan fingerprint density at radius 3 is 2.68 bits per heavy atom. The molecule has 0 aliphatic carbocycles. The highest BCUT2D eigenvalue weighted by atomic mass is 16.7. The summed E-state index contributed by atoms with van der Waals surface area (Å²) in [6.07, 6.45) is 2.19. The van der Waals surface area contributed by atoms with Crippen molar-refractivity contribution in [3.05, 3.63) is 41.5 Å². The minimum atomic E-state index is -0.509. The molecule has 0 saturated carbocycles. The number of ether oxygens (including phenoxy) is 4. The molecule has 2 aliphatic rings. The Balaban J connectivity index is 1.69. The maximum absolute atomic E-state index is 13.5. The first-order valence-corrected chi connectivity index (χ1v) is 11.6. The van der Waals surface area contributed by atoms with E-state index in [1.807, 2.05) is 19.1 Å². The minimum absolute atomic E-state index is 0.0238. The van der Waals surface area contributed by atoms with Crippen molar-refractivity contribution in [2.75, 3.05) is 34.1 Å². The number of nitrogens with zero attached hydrogens (tertiary/aromatic N) is 1. The molecule has 0 spiro atoms. The molecule has 0 bridgehead atoms. The van der Waals surface area contributed by atoms with E-state index in [-0.39, 0.29) is 36.6 Å². The first-order chi connectivity index (χ1) is 16.4. The van der Waals surface area contributed by atoms with Gasteiger partial charge in [-0.1, -0.05) is 13.0 Å². The van der Waals surface area contributed by atoms with Gasteiger partial charge in [0, 0.05) is 55.5 Å². The van der Waals surface area contributed by atoms with Gasteiger partial charge in [0.05, 0.1) is 14.2 Å². The molecule has 1 saturated heterocycles.